The van der Waals surface area contributed by atoms with E-state index in [0.717, 1.165) is 13.0 Å². The molecule has 98 valence electrons. The van der Waals surface area contributed by atoms with Crippen LogP contribution in [-0.2, 0) is 0 Å². The molecule has 1 atom stereocenters. The summed E-state index contributed by atoms with van der Waals surface area (Å²) in [5.41, 5.74) is 0. The van der Waals surface area contributed by atoms with Gasteiger partial charge in [0.05, 0.1) is 17.3 Å². The molecule has 1 fully saturated rings. The van der Waals surface area contributed by atoms with Gasteiger partial charge in [-0.3, -0.25) is 10.1 Å². The molecule has 1 aliphatic heterocycles. The van der Waals surface area contributed by atoms with Gasteiger partial charge in [-0.2, -0.15) is 5.10 Å². The Morgan fingerprint density at radius 3 is 3.11 bits per heavy atom. The first-order chi connectivity index (χ1) is 9.33. The first-order valence-corrected chi connectivity index (χ1v) is 6.93. The van der Waals surface area contributed by atoms with Gasteiger partial charge in [0.2, 0.25) is 5.95 Å². The van der Waals surface area contributed by atoms with E-state index in [2.05, 4.69) is 25.8 Å². The Morgan fingerprint density at radius 2 is 2.37 bits per heavy atom. The highest BCUT2D eigenvalue weighted by molar-refractivity contribution is 7.14. The molecule has 3 rings (SSSR count). The van der Waals surface area contributed by atoms with Gasteiger partial charge >= 0.3 is 0 Å². The number of aromatic nitrogens is 3. The predicted molar refractivity (Wildman–Crippen MR) is 72.1 cm³/mol. The van der Waals surface area contributed by atoms with Crippen molar-refractivity contribution < 1.29 is 4.79 Å². The zero-order valence-corrected chi connectivity index (χ0v) is 11.0. The number of nitrogens with one attached hydrogen (secondary N) is 2. The Kier molecular flexibility index (Phi) is 3.47. The van der Waals surface area contributed by atoms with Crippen LogP contribution in [0, 0.1) is 0 Å². The van der Waals surface area contributed by atoms with Crippen molar-refractivity contribution in [2.45, 2.75) is 18.9 Å². The summed E-state index contributed by atoms with van der Waals surface area (Å²) in [7, 11) is 0. The molecule has 1 amide bonds. The van der Waals surface area contributed by atoms with Gasteiger partial charge in [-0.05, 0) is 31.5 Å². The second kappa shape index (κ2) is 5.41. The quantitative estimate of drug-likeness (QED) is 0.889. The summed E-state index contributed by atoms with van der Waals surface area (Å²) in [6, 6.07) is 4.24. The van der Waals surface area contributed by atoms with E-state index in [1.807, 2.05) is 12.1 Å². The first-order valence-electron chi connectivity index (χ1n) is 6.11. The molecule has 1 saturated heterocycles. The van der Waals surface area contributed by atoms with Crippen molar-refractivity contribution in [1.29, 1.82) is 0 Å². The Balaban J connectivity index is 1.70. The number of carbonyl (C=O) groups is 1. The molecule has 7 heteroatoms. The predicted octanol–water partition coefficient (Wildman–Crippen LogP) is 1.61. The van der Waals surface area contributed by atoms with Gasteiger partial charge in [0.1, 0.15) is 0 Å². The number of hydrogen-bond donors (Lipinski definition) is 2. The van der Waals surface area contributed by atoms with Crippen LogP contribution in [0.1, 0.15) is 33.4 Å². The minimum Gasteiger partial charge on any atom is -0.309 e. The van der Waals surface area contributed by atoms with Crippen LogP contribution in [0.5, 0.6) is 0 Å². The molecule has 0 saturated carbocycles. The highest BCUT2D eigenvalue weighted by Gasteiger charge is 2.19. The molecule has 0 aromatic carbocycles. The monoisotopic (exact) mass is 275 g/mol. The van der Waals surface area contributed by atoms with Gasteiger partial charge in [0, 0.05) is 10.9 Å². The van der Waals surface area contributed by atoms with Crippen LogP contribution in [0.3, 0.4) is 0 Å². The van der Waals surface area contributed by atoms with Crippen molar-refractivity contribution in [3.05, 3.63) is 34.3 Å². The van der Waals surface area contributed by atoms with Crippen LogP contribution >= 0.6 is 11.3 Å². The van der Waals surface area contributed by atoms with E-state index in [1.54, 1.807) is 0 Å². The number of anilines is 1. The second-order valence-corrected chi connectivity index (χ2v) is 5.39. The topological polar surface area (TPSA) is 79.8 Å². The molecule has 2 aromatic rings. The van der Waals surface area contributed by atoms with Gasteiger partial charge in [0.25, 0.3) is 5.91 Å². The third-order valence-electron chi connectivity index (χ3n) is 2.96. The van der Waals surface area contributed by atoms with Crippen LogP contribution < -0.4 is 10.6 Å². The van der Waals surface area contributed by atoms with Crippen molar-refractivity contribution in [2.75, 3.05) is 11.9 Å². The third kappa shape index (κ3) is 2.77. The fourth-order valence-electron chi connectivity index (χ4n) is 2.06. The Morgan fingerprint density at radius 1 is 1.42 bits per heavy atom. The molecular formula is C12H13N5OS. The first kappa shape index (κ1) is 12.2. The maximum absolute atomic E-state index is 12.0. The normalized spacial score (nSPS) is 18.4. The highest BCUT2D eigenvalue weighted by Crippen LogP contribution is 2.29. The molecule has 3 heterocycles. The van der Waals surface area contributed by atoms with Gasteiger partial charge in [-0.25, -0.2) is 4.98 Å². The van der Waals surface area contributed by atoms with Gasteiger partial charge < -0.3 is 5.32 Å². The second-order valence-electron chi connectivity index (χ2n) is 4.27. The molecule has 0 bridgehead atoms. The number of amides is 1. The molecular weight excluding hydrogens is 262 g/mol. The molecule has 1 aliphatic rings. The van der Waals surface area contributed by atoms with E-state index >= 15 is 0 Å². The number of carbonyl (C=O) groups excluding carboxylic acids is 1. The average Bonchev–Trinajstić information content (AvgIpc) is 3.11. The summed E-state index contributed by atoms with van der Waals surface area (Å²) in [5, 5.41) is 13.4. The lowest BCUT2D eigenvalue weighted by molar-refractivity contribution is 0.102. The highest BCUT2D eigenvalue weighted by atomic mass is 32.1. The largest absolute Gasteiger partial charge is 0.309 e. The maximum Gasteiger partial charge on any atom is 0.268 e. The summed E-state index contributed by atoms with van der Waals surface area (Å²) in [4.78, 5) is 17.8. The minimum atomic E-state index is -0.192. The van der Waals surface area contributed by atoms with Crippen molar-refractivity contribution in [1.82, 2.24) is 20.5 Å². The van der Waals surface area contributed by atoms with E-state index in [1.165, 1.54) is 35.0 Å². The molecule has 0 radical (unpaired) electrons. The number of rotatable bonds is 3. The lowest BCUT2D eigenvalue weighted by Crippen LogP contribution is -2.13. The average molecular weight is 275 g/mol. The molecule has 6 nitrogen and oxygen atoms in total. The fraction of sp³-hybridized carbons (Fsp3) is 0.333. The SMILES string of the molecule is O=C(Nc1nccnn1)c1ccc([C@@H]2CCCN2)s1. The van der Waals surface area contributed by atoms with Crippen LogP contribution in [0.2, 0.25) is 0 Å². The van der Waals surface area contributed by atoms with Crippen LogP contribution in [0.4, 0.5) is 5.95 Å². The van der Waals surface area contributed by atoms with Gasteiger partial charge in [-0.15, -0.1) is 16.4 Å². The summed E-state index contributed by atoms with van der Waals surface area (Å²) < 4.78 is 0. The molecule has 0 aliphatic carbocycles. The van der Waals surface area contributed by atoms with Crippen molar-refractivity contribution in [3.8, 4) is 0 Å². The minimum absolute atomic E-state index is 0.192. The Labute approximate surface area is 114 Å². The molecule has 0 unspecified atom stereocenters. The zero-order chi connectivity index (χ0) is 13.1. The van der Waals surface area contributed by atoms with Crippen molar-refractivity contribution in [2.24, 2.45) is 0 Å². The number of thiophene rings is 1. The molecule has 2 aromatic heterocycles. The van der Waals surface area contributed by atoms with Gasteiger partial charge in [-0.1, -0.05) is 0 Å². The molecule has 19 heavy (non-hydrogen) atoms. The van der Waals surface area contributed by atoms with E-state index in [0.29, 0.717) is 10.9 Å². The van der Waals surface area contributed by atoms with E-state index in [9.17, 15) is 4.79 Å². The summed E-state index contributed by atoms with van der Waals surface area (Å²) >= 11 is 1.51. The Hall–Kier alpha value is -1.86. The van der Waals surface area contributed by atoms with Crippen LogP contribution in [0.15, 0.2) is 24.5 Å². The standard InChI is InChI=1S/C12H13N5OS/c18-11(16-12-14-6-7-15-17-12)10-4-3-9(19-10)8-2-1-5-13-8/h3-4,6-8,13H,1-2,5H2,(H,14,16,17,18)/t8-/m0/s1. The van der Waals surface area contributed by atoms with Gasteiger partial charge in [0.15, 0.2) is 0 Å². The summed E-state index contributed by atoms with van der Waals surface area (Å²) in [6.45, 7) is 1.05. The van der Waals surface area contributed by atoms with Crippen LogP contribution in [0.25, 0.3) is 0 Å². The maximum atomic E-state index is 12.0. The van der Waals surface area contributed by atoms with Crippen molar-refractivity contribution >= 4 is 23.2 Å². The lowest BCUT2D eigenvalue weighted by atomic mass is 10.2. The summed E-state index contributed by atoms with van der Waals surface area (Å²) in [6.07, 6.45) is 5.27. The molecule has 0 spiro atoms. The van der Waals surface area contributed by atoms with Crippen LogP contribution in [-0.4, -0.2) is 27.6 Å². The smallest absolute Gasteiger partial charge is 0.268 e. The fourth-order valence-corrected chi connectivity index (χ4v) is 3.07. The zero-order valence-electron chi connectivity index (χ0n) is 10.2. The van der Waals surface area contributed by atoms with E-state index in [-0.39, 0.29) is 11.9 Å². The third-order valence-corrected chi connectivity index (χ3v) is 4.16. The molecule has 2 N–H and O–H groups in total. The van der Waals surface area contributed by atoms with E-state index < -0.39 is 0 Å². The van der Waals surface area contributed by atoms with E-state index in [4.69, 9.17) is 0 Å². The van der Waals surface area contributed by atoms with Crippen molar-refractivity contribution in [3.63, 3.8) is 0 Å². The number of nitrogens with zero attached hydrogens (tertiary/aromatic N) is 3. The number of hydrogen-bond acceptors (Lipinski definition) is 6. The lowest BCUT2D eigenvalue weighted by Gasteiger charge is -2.05. The summed E-state index contributed by atoms with van der Waals surface area (Å²) in [5.74, 6) is 0.0312. The Bertz CT molecular complexity index is 565.